The topological polar surface area (TPSA) is 160 Å². The van der Waals surface area contributed by atoms with Crippen LogP contribution in [-0.4, -0.2) is 56.1 Å². The molecule has 1 unspecified atom stereocenters. The number of rotatable bonds is 3. The van der Waals surface area contributed by atoms with Gasteiger partial charge < -0.3 is 31.0 Å². The number of hydrogen-bond donors (Lipinski definition) is 3. The first kappa shape index (κ1) is 36.5. The minimum Gasteiger partial charge on any atom is -0.439 e. The first-order chi connectivity index (χ1) is 19.1. The Morgan fingerprint density at radius 1 is 1.02 bits per heavy atom. The number of ether oxygens (including phenoxy) is 3. The molecule has 0 spiro atoms. The Morgan fingerprint density at radius 3 is 2.25 bits per heavy atom. The predicted octanol–water partition coefficient (Wildman–Crippen LogP) is 4.31. The van der Waals surface area contributed by atoms with Gasteiger partial charge in [-0.15, -0.1) is 0 Å². The van der Waals surface area contributed by atoms with Gasteiger partial charge in [-0.25, -0.2) is 4.79 Å². The Balaban J connectivity index is 0.00000363. The Bertz CT molecular complexity index is 1040. The van der Waals surface area contributed by atoms with Crippen LogP contribution in [-0.2, 0) is 28.6 Å². The highest BCUT2D eigenvalue weighted by Crippen LogP contribution is 2.23. The van der Waals surface area contributed by atoms with Crippen molar-refractivity contribution >= 4 is 23.6 Å². The summed E-state index contributed by atoms with van der Waals surface area (Å²) in [6.45, 7) is 11.4. The molecule has 224 valence electrons. The van der Waals surface area contributed by atoms with Crippen LogP contribution in [0.3, 0.4) is 0 Å². The summed E-state index contributed by atoms with van der Waals surface area (Å²) in [7, 11) is 3.07. The number of fused-ring (bicyclic) bond motifs is 2. The van der Waals surface area contributed by atoms with Gasteiger partial charge in [-0.3, -0.25) is 14.4 Å². The van der Waals surface area contributed by atoms with Gasteiger partial charge in [0.2, 0.25) is 11.6 Å². The van der Waals surface area contributed by atoms with E-state index in [1.54, 1.807) is 26.2 Å². The average Bonchev–Trinajstić information content (AvgIpc) is 2.95. The Morgan fingerprint density at radius 2 is 1.68 bits per heavy atom. The SMILES string of the molecule is CC.CC.CO[C@@H]1CC/C=C(\C)C(OC(N)=O)[C@@H](OC)/C=C\C=C(/C)C(=O)NC2=CC(=O)C(N)=C(CCC1)C2=O. The zero-order chi connectivity index (χ0) is 30.8. The van der Waals surface area contributed by atoms with Crippen LogP contribution in [0.2, 0.25) is 0 Å². The van der Waals surface area contributed by atoms with Gasteiger partial charge in [0, 0.05) is 31.4 Å². The first-order valence-electron chi connectivity index (χ1n) is 13.7. The van der Waals surface area contributed by atoms with Crippen molar-refractivity contribution in [2.75, 3.05) is 14.2 Å². The van der Waals surface area contributed by atoms with Crippen molar-refractivity contribution in [3.05, 3.63) is 58.5 Å². The normalized spacial score (nSPS) is 26.2. The van der Waals surface area contributed by atoms with Crippen LogP contribution < -0.4 is 16.8 Å². The molecule has 0 saturated heterocycles. The van der Waals surface area contributed by atoms with Crippen LogP contribution in [0.25, 0.3) is 0 Å². The van der Waals surface area contributed by atoms with Crippen molar-refractivity contribution in [1.29, 1.82) is 0 Å². The third-order valence-electron chi connectivity index (χ3n) is 6.14. The molecule has 0 saturated carbocycles. The molecule has 0 radical (unpaired) electrons. The number of hydrogen-bond acceptors (Lipinski definition) is 8. The van der Waals surface area contributed by atoms with Gasteiger partial charge in [0.05, 0.1) is 17.5 Å². The molecular weight excluding hydrogens is 514 g/mol. The summed E-state index contributed by atoms with van der Waals surface area (Å²) in [5, 5.41) is 2.51. The molecule has 2 rings (SSSR count). The van der Waals surface area contributed by atoms with E-state index in [2.05, 4.69) is 5.32 Å². The lowest BCUT2D eigenvalue weighted by Gasteiger charge is -2.24. The number of Topliss-reactive ketones (excluding diaryl/α,β-unsaturated/α-hetero) is 1. The molecule has 2 amide bonds. The van der Waals surface area contributed by atoms with E-state index in [1.807, 2.05) is 40.7 Å². The second-order valence-electron chi connectivity index (χ2n) is 8.67. The Kier molecular flexibility index (Phi) is 17.8. The third-order valence-corrected chi connectivity index (χ3v) is 6.14. The number of carbonyl (C=O) groups excluding carboxylic acids is 4. The molecule has 0 aromatic heterocycles. The summed E-state index contributed by atoms with van der Waals surface area (Å²) >= 11 is 0. The van der Waals surface area contributed by atoms with Gasteiger partial charge in [-0.2, -0.15) is 0 Å². The molecule has 0 fully saturated rings. The number of nitrogens with two attached hydrogens (primary N) is 2. The summed E-state index contributed by atoms with van der Waals surface area (Å²) in [5.74, 6) is -1.54. The first-order valence-corrected chi connectivity index (χ1v) is 13.7. The highest BCUT2D eigenvalue weighted by atomic mass is 16.6. The van der Waals surface area contributed by atoms with Crippen LogP contribution in [0.1, 0.15) is 73.6 Å². The fraction of sp³-hybridized carbons (Fsp3) is 0.533. The van der Waals surface area contributed by atoms with E-state index in [-0.39, 0.29) is 35.1 Å². The van der Waals surface area contributed by atoms with E-state index < -0.39 is 35.8 Å². The fourth-order valence-electron chi connectivity index (χ4n) is 4.00. The molecule has 40 heavy (non-hydrogen) atoms. The molecule has 1 aliphatic carbocycles. The standard InChI is InChI=1S/C26H35N3O7.2C2H6/c1-15-8-5-10-17(34-3)11-7-12-18-22(27)20(30)14-19(23(18)31)29-25(32)16(2)9-6-13-21(35-4)24(15)36-26(28)33;2*1-2/h6,8-9,13-14,17,21,24H,5,7,10-12,27H2,1-4H3,(H2,28,33)(H,29,32);2*1-2H3/b13-6-,15-8+,16-9+;;/t17-,21+,24?;;/m1../s1. The molecule has 1 heterocycles. The minimum absolute atomic E-state index is 0.0993. The summed E-state index contributed by atoms with van der Waals surface area (Å²) in [6.07, 6.45) is 7.99. The Labute approximate surface area is 238 Å². The second-order valence-corrected chi connectivity index (χ2v) is 8.67. The van der Waals surface area contributed by atoms with Crippen LogP contribution in [0, 0.1) is 0 Å². The van der Waals surface area contributed by atoms with Gasteiger partial charge >= 0.3 is 6.09 Å². The number of carbonyl (C=O) groups is 4. The maximum Gasteiger partial charge on any atom is 0.405 e. The van der Waals surface area contributed by atoms with Crippen molar-refractivity contribution in [2.45, 2.75) is 92.0 Å². The van der Waals surface area contributed by atoms with Gasteiger partial charge in [-0.1, -0.05) is 52.0 Å². The maximum absolute atomic E-state index is 13.0. The number of methoxy groups -OCH3 is 2. The number of ketones is 2. The molecule has 2 aliphatic rings. The number of primary amides is 1. The summed E-state index contributed by atoms with van der Waals surface area (Å²) in [5.41, 5.74) is 12.2. The van der Waals surface area contributed by atoms with Crippen LogP contribution >= 0.6 is 0 Å². The molecule has 10 heteroatoms. The maximum atomic E-state index is 13.0. The quantitative estimate of drug-likeness (QED) is 0.339. The van der Waals surface area contributed by atoms with Crippen molar-refractivity contribution in [2.24, 2.45) is 11.5 Å². The monoisotopic (exact) mass is 561 g/mol. The van der Waals surface area contributed by atoms with E-state index in [0.717, 1.165) is 11.6 Å². The van der Waals surface area contributed by atoms with Crippen molar-refractivity contribution in [3.8, 4) is 0 Å². The highest BCUT2D eigenvalue weighted by molar-refractivity contribution is 6.23. The summed E-state index contributed by atoms with van der Waals surface area (Å²) in [6, 6.07) is 0. The molecular formula is C30H47N3O7. The van der Waals surface area contributed by atoms with E-state index in [0.29, 0.717) is 25.7 Å². The van der Waals surface area contributed by atoms with Crippen LogP contribution in [0.4, 0.5) is 4.79 Å². The van der Waals surface area contributed by atoms with E-state index in [1.165, 1.54) is 13.2 Å². The van der Waals surface area contributed by atoms with Gasteiger partial charge in [0.25, 0.3) is 5.91 Å². The zero-order valence-corrected chi connectivity index (χ0v) is 25.2. The van der Waals surface area contributed by atoms with Gasteiger partial charge in [0.15, 0.2) is 6.10 Å². The lowest BCUT2D eigenvalue weighted by molar-refractivity contribution is -0.120. The number of allylic oxidation sites excluding steroid dienone is 5. The largest absolute Gasteiger partial charge is 0.439 e. The van der Waals surface area contributed by atoms with Gasteiger partial charge in [-0.05, 0) is 51.5 Å². The zero-order valence-electron chi connectivity index (χ0n) is 25.2. The molecule has 2 bridgehead atoms. The van der Waals surface area contributed by atoms with E-state index in [4.69, 9.17) is 25.7 Å². The van der Waals surface area contributed by atoms with Crippen molar-refractivity contribution in [1.82, 2.24) is 5.32 Å². The number of amides is 2. The summed E-state index contributed by atoms with van der Waals surface area (Å²) < 4.78 is 16.4. The second kappa shape index (κ2) is 19.5. The molecule has 0 aromatic rings. The lowest BCUT2D eigenvalue weighted by atomic mass is 9.92. The molecule has 0 aromatic carbocycles. The lowest BCUT2D eigenvalue weighted by Crippen LogP contribution is -2.34. The van der Waals surface area contributed by atoms with Crippen LogP contribution in [0.5, 0.6) is 0 Å². The Hall–Kier alpha value is -3.50. The highest BCUT2D eigenvalue weighted by Gasteiger charge is 2.28. The summed E-state index contributed by atoms with van der Waals surface area (Å²) in [4.78, 5) is 49.5. The van der Waals surface area contributed by atoms with Gasteiger partial charge in [0.1, 0.15) is 6.10 Å². The smallest absolute Gasteiger partial charge is 0.405 e. The van der Waals surface area contributed by atoms with E-state index in [9.17, 15) is 19.2 Å². The average molecular weight is 562 g/mol. The molecule has 5 N–H and O–H groups in total. The fourth-order valence-corrected chi connectivity index (χ4v) is 4.00. The predicted molar refractivity (Wildman–Crippen MR) is 156 cm³/mol. The van der Waals surface area contributed by atoms with Crippen LogP contribution in [0.15, 0.2) is 58.5 Å². The molecule has 3 atom stereocenters. The molecule has 10 nitrogen and oxygen atoms in total. The van der Waals surface area contributed by atoms with Crippen molar-refractivity contribution < 1.29 is 33.4 Å². The van der Waals surface area contributed by atoms with Crippen molar-refractivity contribution in [3.63, 3.8) is 0 Å². The minimum atomic E-state index is -0.936. The number of nitrogens with one attached hydrogen (secondary N) is 1. The van der Waals surface area contributed by atoms with E-state index >= 15 is 0 Å². The molecule has 1 aliphatic heterocycles. The third kappa shape index (κ3) is 11.3.